The number of hydrogen-bond acceptors (Lipinski definition) is 2. The predicted molar refractivity (Wildman–Crippen MR) is 33.5 cm³/mol. The zero-order chi connectivity index (χ0) is 6.97. The van der Waals surface area contributed by atoms with E-state index in [4.69, 9.17) is 0 Å². The van der Waals surface area contributed by atoms with Crippen LogP contribution in [0.1, 0.15) is 0 Å². The summed E-state index contributed by atoms with van der Waals surface area (Å²) >= 11 is 3.37. The Hall–Kier alpha value is -0.640. The number of rotatable bonds is 0. The Balaban J connectivity index is 2.95. The Bertz CT molecular complexity index is 355. The molecule has 0 aliphatic carbocycles. The fourth-order valence-electron chi connectivity index (χ4n) is 0.815. The van der Waals surface area contributed by atoms with Crippen LogP contribution in [-0.2, 0) is 21.1 Å². The maximum absolute atomic E-state index is 3.87. The van der Waals surface area contributed by atoms with Gasteiger partial charge < -0.3 is 0 Å². The molecule has 0 spiro atoms. The minimum atomic E-state index is 0.876. The van der Waals surface area contributed by atoms with E-state index in [0.717, 1.165) is 14.8 Å². The number of aromatic amines is 1. The van der Waals surface area contributed by atoms with Crippen molar-refractivity contribution in [3.05, 3.63) is 18.2 Å². The summed E-state index contributed by atoms with van der Waals surface area (Å²) in [6.45, 7) is 0. The summed E-state index contributed by atoms with van der Waals surface area (Å²) in [6.07, 6.45) is 0. The number of H-pyrrole nitrogens is 1. The third-order valence-corrected chi connectivity index (χ3v) is 1.87. The molecule has 0 fully saturated rings. The van der Waals surface area contributed by atoms with Gasteiger partial charge in [-0.15, -0.1) is 0 Å². The Labute approximate surface area is 69.7 Å². The Morgan fingerprint density at radius 1 is 1.40 bits per heavy atom. The summed E-state index contributed by atoms with van der Waals surface area (Å²) in [5.41, 5.74) is 1.83. The molecule has 0 bridgehead atoms. The fraction of sp³-hybridized carbons (Fsp3) is 0. The SMILES string of the molecule is [Ag][c]1cccc2[nH]nnc12. The minimum absolute atomic E-state index is 0.876. The zero-order valence-electron chi connectivity index (χ0n) is 4.93. The third kappa shape index (κ3) is 0.794. The molecule has 0 radical (unpaired) electrons. The Kier molecular flexibility index (Phi) is 1.34. The molecular formula is C6H4AgN3. The molecule has 2 rings (SSSR count). The molecule has 54 valence electrons. The molecule has 0 saturated carbocycles. The summed E-state index contributed by atoms with van der Waals surface area (Å²) in [7, 11) is 0. The second-order valence-electron chi connectivity index (χ2n) is 1.91. The van der Waals surface area contributed by atoms with Gasteiger partial charge >= 0.3 is 69.5 Å². The molecule has 3 nitrogen and oxygen atoms in total. The van der Waals surface area contributed by atoms with Crippen molar-refractivity contribution in [2.75, 3.05) is 0 Å². The summed E-state index contributed by atoms with van der Waals surface area (Å²) in [6, 6.07) is 5.80. The first kappa shape index (κ1) is 6.10. The van der Waals surface area contributed by atoms with E-state index in [2.05, 4.69) is 36.5 Å². The average molecular weight is 226 g/mol. The normalized spacial score (nSPS) is 10.6. The van der Waals surface area contributed by atoms with E-state index in [1.54, 1.807) is 0 Å². The van der Waals surface area contributed by atoms with Gasteiger partial charge in [0.15, 0.2) is 0 Å². The van der Waals surface area contributed by atoms with Crippen LogP contribution < -0.4 is 3.78 Å². The van der Waals surface area contributed by atoms with Gasteiger partial charge in [0.05, 0.1) is 0 Å². The predicted octanol–water partition coefficient (Wildman–Crippen LogP) is 0.130. The van der Waals surface area contributed by atoms with Gasteiger partial charge in [-0.25, -0.2) is 0 Å². The molecule has 1 aromatic carbocycles. The molecule has 10 heavy (non-hydrogen) atoms. The van der Waals surface area contributed by atoms with Crippen LogP contribution in [0.5, 0.6) is 0 Å². The third-order valence-electron chi connectivity index (χ3n) is 1.28. The van der Waals surface area contributed by atoms with Crippen LogP contribution in [0, 0.1) is 0 Å². The van der Waals surface area contributed by atoms with Crippen molar-refractivity contribution in [2.24, 2.45) is 0 Å². The monoisotopic (exact) mass is 225 g/mol. The second-order valence-corrected chi connectivity index (χ2v) is 2.71. The fourth-order valence-corrected chi connectivity index (χ4v) is 1.23. The van der Waals surface area contributed by atoms with E-state index < -0.39 is 0 Å². The quantitative estimate of drug-likeness (QED) is 0.648. The van der Waals surface area contributed by atoms with E-state index in [1.165, 1.54) is 0 Å². The van der Waals surface area contributed by atoms with Crippen LogP contribution in [0.25, 0.3) is 11.0 Å². The standard InChI is InChI=1S/C6H4N3.Ag/c1-2-4-6-5(3-1)7-9-8-6;/h1-3H,(H,7,8,9);. The average Bonchev–Trinajstić information content (AvgIpc) is 2.36. The molecule has 1 aromatic heterocycles. The van der Waals surface area contributed by atoms with E-state index in [1.807, 2.05) is 18.2 Å². The molecule has 0 unspecified atom stereocenters. The van der Waals surface area contributed by atoms with Gasteiger partial charge in [-0.2, -0.15) is 0 Å². The van der Waals surface area contributed by atoms with Crippen LogP contribution >= 0.6 is 0 Å². The summed E-state index contributed by atoms with van der Waals surface area (Å²) in [4.78, 5) is 0. The summed E-state index contributed by atoms with van der Waals surface area (Å²) < 4.78 is 0.969. The van der Waals surface area contributed by atoms with E-state index in [-0.39, 0.29) is 0 Å². The molecule has 0 aliphatic heterocycles. The van der Waals surface area contributed by atoms with Gasteiger partial charge in [-0.05, 0) is 0 Å². The van der Waals surface area contributed by atoms with Gasteiger partial charge in [-0.1, -0.05) is 0 Å². The first-order valence-electron chi connectivity index (χ1n) is 2.79. The van der Waals surface area contributed by atoms with E-state index in [0.29, 0.717) is 0 Å². The van der Waals surface area contributed by atoms with Crippen molar-refractivity contribution in [3.63, 3.8) is 0 Å². The van der Waals surface area contributed by atoms with Crippen LogP contribution in [0.2, 0.25) is 0 Å². The molecule has 4 heteroatoms. The zero-order valence-corrected chi connectivity index (χ0v) is 6.41. The summed E-state index contributed by atoms with van der Waals surface area (Å²) in [5.74, 6) is 0. The van der Waals surface area contributed by atoms with Gasteiger partial charge in [0.2, 0.25) is 0 Å². The van der Waals surface area contributed by atoms with Crippen molar-refractivity contribution in [2.45, 2.75) is 0 Å². The number of hydrogen-bond donors (Lipinski definition) is 1. The molecular weight excluding hydrogens is 222 g/mol. The van der Waals surface area contributed by atoms with Crippen LogP contribution in [-0.4, -0.2) is 15.4 Å². The van der Waals surface area contributed by atoms with Gasteiger partial charge in [-0.3, -0.25) is 0 Å². The number of aromatic nitrogens is 3. The van der Waals surface area contributed by atoms with Crippen LogP contribution in [0.15, 0.2) is 18.2 Å². The number of nitrogens with one attached hydrogen (secondary N) is 1. The van der Waals surface area contributed by atoms with Crippen molar-refractivity contribution in [1.82, 2.24) is 15.4 Å². The van der Waals surface area contributed by atoms with Crippen LogP contribution in [0.3, 0.4) is 0 Å². The number of fused-ring (bicyclic) bond motifs is 1. The molecule has 2 aromatic rings. The van der Waals surface area contributed by atoms with E-state index in [9.17, 15) is 0 Å². The molecule has 0 saturated heterocycles. The topological polar surface area (TPSA) is 41.6 Å². The second kappa shape index (κ2) is 2.20. The van der Waals surface area contributed by atoms with Gasteiger partial charge in [0.25, 0.3) is 0 Å². The van der Waals surface area contributed by atoms with Gasteiger partial charge in [0.1, 0.15) is 0 Å². The first-order chi connectivity index (χ1) is 4.88. The molecule has 0 amide bonds. The number of benzene rings is 1. The molecule has 1 heterocycles. The molecule has 0 aliphatic rings. The van der Waals surface area contributed by atoms with Crippen molar-refractivity contribution in [1.29, 1.82) is 0 Å². The van der Waals surface area contributed by atoms with Crippen molar-refractivity contribution in [3.8, 4) is 0 Å². The van der Waals surface area contributed by atoms with Crippen molar-refractivity contribution >= 4 is 14.8 Å². The van der Waals surface area contributed by atoms with Crippen LogP contribution in [0.4, 0.5) is 0 Å². The Morgan fingerprint density at radius 2 is 2.30 bits per heavy atom. The summed E-state index contributed by atoms with van der Waals surface area (Å²) in [5, 5.41) is 10.3. The van der Waals surface area contributed by atoms with E-state index >= 15 is 0 Å². The number of nitrogens with zero attached hydrogens (tertiary/aromatic N) is 2. The van der Waals surface area contributed by atoms with Gasteiger partial charge in [0, 0.05) is 0 Å². The Morgan fingerprint density at radius 3 is 3.10 bits per heavy atom. The maximum atomic E-state index is 3.87. The first-order valence-corrected chi connectivity index (χ1v) is 3.53. The molecule has 0 atom stereocenters. The molecule has 1 N–H and O–H groups in total. The van der Waals surface area contributed by atoms with Crippen molar-refractivity contribution < 1.29 is 21.1 Å².